The zero-order valence-corrected chi connectivity index (χ0v) is 9.78. The summed E-state index contributed by atoms with van der Waals surface area (Å²) in [5, 5.41) is 11.9. The van der Waals surface area contributed by atoms with Gasteiger partial charge in [0, 0.05) is 22.8 Å². The Morgan fingerprint density at radius 3 is 3.31 bits per heavy atom. The minimum Gasteiger partial charge on any atom is -0.388 e. The lowest BCUT2D eigenvalue weighted by Gasteiger charge is -2.19. The molecule has 2 heterocycles. The summed E-state index contributed by atoms with van der Waals surface area (Å²) < 4.78 is 2.22. The number of nitrogens with zero attached hydrogens (tertiary/aromatic N) is 2. The van der Waals surface area contributed by atoms with E-state index in [4.69, 9.17) is 0 Å². The van der Waals surface area contributed by atoms with Crippen LogP contribution in [0.25, 0.3) is 0 Å². The maximum atomic E-state index is 9.87. The summed E-state index contributed by atoms with van der Waals surface area (Å²) in [6, 6.07) is 2.05. The van der Waals surface area contributed by atoms with Crippen LogP contribution >= 0.6 is 11.3 Å². The number of hydrogen-bond donors (Lipinski definition) is 1. The van der Waals surface area contributed by atoms with E-state index < -0.39 is 0 Å². The first kappa shape index (κ1) is 10.1. The molecule has 1 N–H and O–H groups in total. The Morgan fingerprint density at radius 2 is 2.50 bits per heavy atom. The third-order valence-electron chi connectivity index (χ3n) is 3.18. The fraction of sp³-hybridized carbons (Fsp3) is 0.417. The molecule has 0 aromatic carbocycles. The van der Waals surface area contributed by atoms with Crippen LogP contribution < -0.4 is 0 Å². The van der Waals surface area contributed by atoms with Crippen LogP contribution in [0.5, 0.6) is 0 Å². The van der Waals surface area contributed by atoms with Gasteiger partial charge in [0.2, 0.25) is 0 Å². The summed E-state index contributed by atoms with van der Waals surface area (Å²) in [5.41, 5.74) is 5.36. The fourth-order valence-corrected chi connectivity index (χ4v) is 2.92. The average Bonchev–Trinajstić information content (AvgIpc) is 2.90. The number of fused-ring (bicyclic) bond motifs is 1. The second-order valence-electron chi connectivity index (χ2n) is 4.23. The van der Waals surface area contributed by atoms with E-state index in [1.807, 2.05) is 11.6 Å². The second-order valence-corrected chi connectivity index (χ2v) is 4.95. The molecule has 1 aliphatic rings. The molecule has 0 saturated carbocycles. The largest absolute Gasteiger partial charge is 0.388 e. The van der Waals surface area contributed by atoms with Crippen LogP contribution in [0.3, 0.4) is 0 Å². The first-order chi connectivity index (χ1) is 7.84. The van der Waals surface area contributed by atoms with Gasteiger partial charge in [-0.2, -0.15) is 0 Å². The first-order valence-electron chi connectivity index (χ1n) is 5.57. The number of aromatic nitrogens is 2. The molecule has 0 saturated heterocycles. The Balaban J connectivity index is 1.91. The van der Waals surface area contributed by atoms with E-state index >= 15 is 0 Å². The molecule has 4 heteroatoms. The average molecular weight is 234 g/mol. The quantitative estimate of drug-likeness (QED) is 0.866. The summed E-state index contributed by atoms with van der Waals surface area (Å²) in [7, 11) is 0. The van der Waals surface area contributed by atoms with Crippen LogP contribution in [-0.4, -0.2) is 14.7 Å². The van der Waals surface area contributed by atoms with Crippen molar-refractivity contribution in [3.8, 4) is 0 Å². The molecular formula is C12H14N2OS. The number of hydrogen-bond acceptors (Lipinski definition) is 3. The number of rotatable bonds is 2. The molecule has 0 aliphatic heterocycles. The van der Waals surface area contributed by atoms with Crippen molar-refractivity contribution in [2.75, 3.05) is 0 Å². The van der Waals surface area contributed by atoms with Crippen LogP contribution in [0.15, 0.2) is 23.2 Å². The fourth-order valence-electron chi connectivity index (χ4n) is 2.37. The molecule has 0 fully saturated rings. The van der Waals surface area contributed by atoms with E-state index in [1.165, 1.54) is 5.69 Å². The Labute approximate surface area is 98.4 Å². The van der Waals surface area contributed by atoms with Crippen molar-refractivity contribution in [2.45, 2.75) is 31.9 Å². The highest BCUT2D eigenvalue weighted by molar-refractivity contribution is 7.07. The normalized spacial score (nSPS) is 19.7. The van der Waals surface area contributed by atoms with E-state index in [2.05, 4.69) is 21.1 Å². The predicted molar refractivity (Wildman–Crippen MR) is 63.5 cm³/mol. The maximum Gasteiger partial charge on any atom is 0.0807 e. The minimum atomic E-state index is -0.263. The van der Waals surface area contributed by atoms with Gasteiger partial charge >= 0.3 is 0 Å². The monoisotopic (exact) mass is 234 g/mol. The number of aliphatic hydroxyl groups is 1. The van der Waals surface area contributed by atoms with Crippen molar-refractivity contribution < 1.29 is 5.11 Å². The van der Waals surface area contributed by atoms with Crippen LogP contribution in [-0.2, 0) is 13.0 Å². The van der Waals surface area contributed by atoms with Gasteiger partial charge in [-0.1, -0.05) is 0 Å². The van der Waals surface area contributed by atoms with Crippen LogP contribution in [0.2, 0.25) is 0 Å². The Bertz CT molecular complexity index is 475. The second kappa shape index (κ2) is 4.03. The summed E-state index contributed by atoms with van der Waals surface area (Å²) in [5.74, 6) is 0. The van der Waals surface area contributed by atoms with Crippen LogP contribution in [0.1, 0.15) is 35.9 Å². The molecule has 2 aromatic rings. The molecule has 0 radical (unpaired) electrons. The van der Waals surface area contributed by atoms with E-state index in [-0.39, 0.29) is 6.10 Å². The molecule has 0 bridgehead atoms. The van der Waals surface area contributed by atoms with Gasteiger partial charge in [0.15, 0.2) is 0 Å². The molecule has 1 atom stereocenters. The molecular weight excluding hydrogens is 220 g/mol. The lowest BCUT2D eigenvalue weighted by Crippen LogP contribution is -2.12. The molecule has 3 rings (SSSR count). The Morgan fingerprint density at radius 1 is 1.56 bits per heavy atom. The van der Waals surface area contributed by atoms with Crippen molar-refractivity contribution in [2.24, 2.45) is 0 Å². The third-order valence-corrected chi connectivity index (χ3v) is 3.82. The molecule has 2 aromatic heterocycles. The highest BCUT2D eigenvalue weighted by atomic mass is 32.1. The van der Waals surface area contributed by atoms with Crippen molar-refractivity contribution in [1.29, 1.82) is 0 Å². The molecule has 1 aliphatic carbocycles. The number of thiazole rings is 1. The SMILES string of the molecule is OC1CCCc2c1ccn2Cc1cscn1. The van der Waals surface area contributed by atoms with Crippen molar-refractivity contribution in [1.82, 2.24) is 9.55 Å². The molecule has 16 heavy (non-hydrogen) atoms. The zero-order chi connectivity index (χ0) is 11.0. The minimum absolute atomic E-state index is 0.263. The van der Waals surface area contributed by atoms with E-state index in [1.54, 1.807) is 11.3 Å². The summed E-state index contributed by atoms with van der Waals surface area (Å²) in [6.45, 7) is 0.825. The summed E-state index contributed by atoms with van der Waals surface area (Å²) in [4.78, 5) is 4.29. The molecule has 3 nitrogen and oxygen atoms in total. The summed E-state index contributed by atoms with van der Waals surface area (Å²) >= 11 is 1.63. The molecule has 1 unspecified atom stereocenters. The summed E-state index contributed by atoms with van der Waals surface area (Å²) in [6.07, 6.45) is 4.85. The standard InChI is InChI=1S/C12H14N2OS/c15-12-3-1-2-11-10(12)4-5-14(11)6-9-7-16-8-13-9/h4-5,7-8,12,15H,1-3,6H2. The van der Waals surface area contributed by atoms with Gasteiger partial charge in [-0.05, 0) is 25.3 Å². The van der Waals surface area contributed by atoms with Gasteiger partial charge in [-0.3, -0.25) is 0 Å². The van der Waals surface area contributed by atoms with E-state index in [0.717, 1.165) is 37.1 Å². The Kier molecular flexibility index (Phi) is 2.53. The van der Waals surface area contributed by atoms with Gasteiger partial charge in [-0.15, -0.1) is 11.3 Å². The lowest BCUT2D eigenvalue weighted by atomic mass is 9.95. The maximum absolute atomic E-state index is 9.87. The Hall–Kier alpha value is -1.13. The zero-order valence-electron chi connectivity index (χ0n) is 8.97. The van der Waals surface area contributed by atoms with Gasteiger partial charge in [0.25, 0.3) is 0 Å². The highest BCUT2D eigenvalue weighted by Crippen LogP contribution is 2.30. The van der Waals surface area contributed by atoms with E-state index in [9.17, 15) is 5.11 Å². The topological polar surface area (TPSA) is 38.0 Å². The van der Waals surface area contributed by atoms with Gasteiger partial charge < -0.3 is 9.67 Å². The van der Waals surface area contributed by atoms with E-state index in [0.29, 0.717) is 0 Å². The highest BCUT2D eigenvalue weighted by Gasteiger charge is 2.21. The van der Waals surface area contributed by atoms with Crippen LogP contribution in [0.4, 0.5) is 0 Å². The molecule has 84 valence electrons. The third kappa shape index (κ3) is 1.68. The van der Waals surface area contributed by atoms with Crippen molar-refractivity contribution in [3.63, 3.8) is 0 Å². The van der Waals surface area contributed by atoms with Crippen molar-refractivity contribution in [3.05, 3.63) is 40.1 Å². The predicted octanol–water partition coefficient (Wildman–Crippen LogP) is 2.36. The van der Waals surface area contributed by atoms with Gasteiger partial charge in [0.1, 0.15) is 0 Å². The smallest absolute Gasteiger partial charge is 0.0807 e. The van der Waals surface area contributed by atoms with Gasteiger partial charge in [-0.25, -0.2) is 4.98 Å². The van der Waals surface area contributed by atoms with Gasteiger partial charge in [0.05, 0.1) is 23.9 Å². The molecule has 0 amide bonds. The molecule has 0 spiro atoms. The lowest BCUT2D eigenvalue weighted by molar-refractivity contribution is 0.155. The van der Waals surface area contributed by atoms with Crippen molar-refractivity contribution >= 4 is 11.3 Å². The first-order valence-corrected chi connectivity index (χ1v) is 6.52. The number of aliphatic hydroxyl groups excluding tert-OH is 1. The van der Waals surface area contributed by atoms with Crippen LogP contribution in [0, 0.1) is 0 Å².